The topological polar surface area (TPSA) is 0 Å². The third-order valence-electron chi connectivity index (χ3n) is 2.79. The number of fused-ring (bicyclic) bond motifs is 1. The number of hydrogen-bond donors (Lipinski definition) is 0. The lowest BCUT2D eigenvalue weighted by molar-refractivity contribution is 0.626. The van der Waals surface area contributed by atoms with Gasteiger partial charge in [0.2, 0.25) is 0 Å². The van der Waals surface area contributed by atoms with Crippen LogP contribution in [0.25, 0.3) is 0 Å². The fourth-order valence-corrected chi connectivity index (χ4v) is 1.94. The van der Waals surface area contributed by atoms with E-state index in [2.05, 4.69) is 13.5 Å². The van der Waals surface area contributed by atoms with E-state index >= 15 is 0 Å². The van der Waals surface area contributed by atoms with Gasteiger partial charge in [-0.05, 0) is 30.6 Å². The number of allylic oxidation sites excluding steroid dienone is 1. The average Bonchev–Trinajstić information content (AvgIpc) is 2.39. The molecule has 2 saturated carbocycles. The molecule has 0 saturated heterocycles. The fraction of sp³-hybridized carbons (Fsp3) is 0.750. The Labute approximate surface area is 50.6 Å². The van der Waals surface area contributed by atoms with E-state index in [1.54, 1.807) is 0 Å². The van der Waals surface area contributed by atoms with E-state index in [0.29, 0.717) is 0 Å². The lowest BCUT2D eigenvalue weighted by atomic mass is 10.0. The molecule has 0 nitrogen and oxygen atoms in total. The smallest absolute Gasteiger partial charge is 0.0203 e. The van der Waals surface area contributed by atoms with Crippen molar-refractivity contribution in [2.75, 3.05) is 0 Å². The van der Waals surface area contributed by atoms with Crippen LogP contribution in [-0.4, -0.2) is 0 Å². The Kier molecular flexibility index (Phi) is 0.677. The predicted octanol–water partition coefficient (Wildman–Crippen LogP) is 2.22. The molecule has 0 aliphatic heterocycles. The molecule has 3 atom stereocenters. The van der Waals surface area contributed by atoms with Gasteiger partial charge in [-0.25, -0.2) is 0 Å². The molecule has 8 heavy (non-hydrogen) atoms. The van der Waals surface area contributed by atoms with Gasteiger partial charge in [0, 0.05) is 0 Å². The number of hydrogen-bond acceptors (Lipinski definition) is 0. The third kappa shape index (κ3) is 0.410. The van der Waals surface area contributed by atoms with Gasteiger partial charge >= 0.3 is 0 Å². The van der Waals surface area contributed by atoms with Crippen molar-refractivity contribution in [1.29, 1.82) is 0 Å². The van der Waals surface area contributed by atoms with Crippen LogP contribution in [0, 0.1) is 17.8 Å². The highest BCUT2D eigenvalue weighted by Gasteiger charge is 2.47. The Balaban J connectivity index is 2.19. The molecule has 0 aromatic carbocycles. The van der Waals surface area contributed by atoms with Crippen LogP contribution in [0.15, 0.2) is 12.2 Å². The maximum atomic E-state index is 4.02. The molecule has 0 bridgehead atoms. The predicted molar refractivity (Wildman–Crippen MR) is 34.5 cm³/mol. The molecule has 0 heterocycles. The Hall–Kier alpha value is -0.260. The summed E-state index contributed by atoms with van der Waals surface area (Å²) in [5.74, 6) is 2.99. The van der Waals surface area contributed by atoms with Crippen LogP contribution in [0.4, 0.5) is 0 Å². The largest absolute Gasteiger partial charge is 0.0996 e. The minimum Gasteiger partial charge on any atom is -0.0996 e. The second-order valence-corrected chi connectivity index (χ2v) is 3.31. The van der Waals surface area contributed by atoms with Gasteiger partial charge in [-0.3, -0.25) is 0 Å². The van der Waals surface area contributed by atoms with Gasteiger partial charge in [-0.2, -0.15) is 0 Å². The Morgan fingerprint density at radius 2 is 2.38 bits per heavy atom. The zero-order valence-corrected chi connectivity index (χ0v) is 5.35. The number of rotatable bonds is 0. The van der Waals surface area contributed by atoms with Crippen LogP contribution >= 0.6 is 0 Å². The van der Waals surface area contributed by atoms with E-state index in [4.69, 9.17) is 0 Å². The molecule has 2 aliphatic rings. The molecule has 2 fully saturated rings. The molecule has 0 heteroatoms. The molecule has 0 aromatic rings. The highest BCUT2D eigenvalue weighted by Crippen LogP contribution is 2.56. The molecule has 2 aliphatic carbocycles. The summed E-state index contributed by atoms with van der Waals surface area (Å²) in [6.45, 7) is 6.34. The van der Waals surface area contributed by atoms with Crippen molar-refractivity contribution in [3.8, 4) is 0 Å². The van der Waals surface area contributed by atoms with Crippen LogP contribution in [-0.2, 0) is 0 Å². The zero-order chi connectivity index (χ0) is 5.72. The molecule has 0 N–H and O–H groups in total. The molecule has 2 rings (SSSR count). The molecular formula is C8H12. The molecular weight excluding hydrogens is 96.1 g/mol. The van der Waals surface area contributed by atoms with E-state index in [1.807, 2.05) is 0 Å². The van der Waals surface area contributed by atoms with Crippen molar-refractivity contribution >= 4 is 0 Å². The average molecular weight is 108 g/mol. The zero-order valence-electron chi connectivity index (χ0n) is 5.35. The fourth-order valence-electron chi connectivity index (χ4n) is 1.94. The first-order chi connectivity index (χ1) is 3.79. The van der Waals surface area contributed by atoms with Crippen molar-refractivity contribution in [3.05, 3.63) is 12.2 Å². The molecule has 0 amide bonds. The maximum absolute atomic E-state index is 4.02. The molecule has 44 valence electrons. The highest BCUT2D eigenvalue weighted by molar-refractivity contribution is 5.17. The summed E-state index contributed by atoms with van der Waals surface area (Å²) in [5.41, 5.74) is 1.51. The van der Waals surface area contributed by atoms with Gasteiger partial charge in [-0.1, -0.05) is 19.1 Å². The van der Waals surface area contributed by atoms with E-state index in [1.165, 1.54) is 18.4 Å². The summed E-state index contributed by atoms with van der Waals surface area (Å²) in [6.07, 6.45) is 2.84. The molecule has 0 radical (unpaired) electrons. The lowest BCUT2D eigenvalue weighted by Crippen LogP contribution is -1.92. The van der Waals surface area contributed by atoms with E-state index in [0.717, 1.165) is 17.8 Å². The summed E-state index contributed by atoms with van der Waals surface area (Å²) >= 11 is 0. The molecule has 0 aromatic heterocycles. The van der Waals surface area contributed by atoms with Crippen molar-refractivity contribution in [3.63, 3.8) is 0 Å². The van der Waals surface area contributed by atoms with Crippen molar-refractivity contribution < 1.29 is 0 Å². The Bertz CT molecular complexity index is 135. The summed E-state index contributed by atoms with van der Waals surface area (Å²) in [7, 11) is 0. The van der Waals surface area contributed by atoms with Gasteiger partial charge in [0.1, 0.15) is 0 Å². The summed E-state index contributed by atoms with van der Waals surface area (Å²) in [6, 6.07) is 0. The first-order valence-corrected chi connectivity index (χ1v) is 3.46. The first-order valence-electron chi connectivity index (χ1n) is 3.46. The van der Waals surface area contributed by atoms with Crippen LogP contribution in [0.1, 0.15) is 19.8 Å². The monoisotopic (exact) mass is 108 g/mol. The Morgan fingerprint density at radius 3 is 2.62 bits per heavy atom. The quantitative estimate of drug-likeness (QED) is 0.417. The van der Waals surface area contributed by atoms with Crippen molar-refractivity contribution in [2.24, 2.45) is 17.8 Å². The van der Waals surface area contributed by atoms with Crippen LogP contribution in [0.3, 0.4) is 0 Å². The van der Waals surface area contributed by atoms with E-state index in [9.17, 15) is 0 Å². The first kappa shape index (κ1) is 4.60. The minimum absolute atomic E-state index is 0.861. The second kappa shape index (κ2) is 1.18. The van der Waals surface area contributed by atoms with Crippen molar-refractivity contribution in [2.45, 2.75) is 19.8 Å². The standard InChI is InChI=1S/C8H12/c1-5-3-7-4-8(7)6(5)2/h6-8H,1,3-4H2,2H3. The van der Waals surface area contributed by atoms with Gasteiger partial charge in [0.05, 0.1) is 0 Å². The summed E-state index contributed by atoms with van der Waals surface area (Å²) in [4.78, 5) is 0. The molecule has 3 unspecified atom stereocenters. The van der Waals surface area contributed by atoms with Crippen molar-refractivity contribution in [1.82, 2.24) is 0 Å². The summed E-state index contributed by atoms with van der Waals surface area (Å²) in [5, 5.41) is 0. The lowest BCUT2D eigenvalue weighted by Gasteiger charge is -2.03. The Morgan fingerprint density at radius 1 is 1.62 bits per heavy atom. The van der Waals surface area contributed by atoms with E-state index in [-0.39, 0.29) is 0 Å². The van der Waals surface area contributed by atoms with Gasteiger partial charge < -0.3 is 0 Å². The minimum atomic E-state index is 0.861. The van der Waals surface area contributed by atoms with E-state index < -0.39 is 0 Å². The highest BCUT2D eigenvalue weighted by atomic mass is 14.5. The van der Waals surface area contributed by atoms with Crippen LogP contribution in [0.2, 0.25) is 0 Å². The van der Waals surface area contributed by atoms with Gasteiger partial charge in [0.25, 0.3) is 0 Å². The molecule has 0 spiro atoms. The van der Waals surface area contributed by atoms with Gasteiger partial charge in [-0.15, -0.1) is 0 Å². The SMILES string of the molecule is C=C1CC2CC2C1C. The normalized spacial score (nSPS) is 51.6. The van der Waals surface area contributed by atoms with Crippen LogP contribution < -0.4 is 0 Å². The summed E-state index contributed by atoms with van der Waals surface area (Å²) < 4.78 is 0. The second-order valence-electron chi connectivity index (χ2n) is 3.31. The third-order valence-corrected chi connectivity index (χ3v) is 2.79. The van der Waals surface area contributed by atoms with Crippen LogP contribution in [0.5, 0.6) is 0 Å². The maximum Gasteiger partial charge on any atom is -0.0203 e. The van der Waals surface area contributed by atoms with Gasteiger partial charge in [0.15, 0.2) is 0 Å².